The summed E-state index contributed by atoms with van der Waals surface area (Å²) in [5.41, 5.74) is 6.79. The van der Waals surface area contributed by atoms with Crippen molar-refractivity contribution in [1.29, 1.82) is 0 Å². The maximum Gasteiger partial charge on any atom is 0.574 e. The van der Waals surface area contributed by atoms with E-state index in [2.05, 4.69) is 9.72 Å². The highest BCUT2D eigenvalue weighted by molar-refractivity contribution is 5.59. The van der Waals surface area contributed by atoms with Crippen molar-refractivity contribution < 1.29 is 31.1 Å². The first-order chi connectivity index (χ1) is 8.06. The molecule has 0 aliphatic carbocycles. The zero-order chi connectivity index (χ0) is 14.1. The van der Waals surface area contributed by atoms with Crippen LogP contribution in [0.15, 0.2) is 6.20 Å². The minimum Gasteiger partial charge on any atom is -0.394 e. The highest BCUT2D eigenvalue weighted by atomic mass is 19.4. The predicted molar refractivity (Wildman–Crippen MR) is 48.2 cm³/mol. The van der Waals surface area contributed by atoms with Crippen LogP contribution in [0.25, 0.3) is 0 Å². The first-order valence-corrected chi connectivity index (χ1v) is 4.36. The van der Waals surface area contributed by atoms with Gasteiger partial charge in [0.1, 0.15) is 5.69 Å². The summed E-state index contributed by atoms with van der Waals surface area (Å²) in [6, 6.07) is 0. The Labute approximate surface area is 96.5 Å². The molecule has 1 aromatic heterocycles. The molecule has 0 aliphatic heterocycles. The second-order valence-corrected chi connectivity index (χ2v) is 3.13. The second kappa shape index (κ2) is 4.52. The molecule has 0 saturated heterocycles. The Kier molecular flexibility index (Phi) is 3.60. The van der Waals surface area contributed by atoms with Gasteiger partial charge in [-0.2, -0.15) is 13.2 Å². The molecule has 4 N–H and O–H groups in total. The first kappa shape index (κ1) is 14.4. The van der Waals surface area contributed by atoms with Gasteiger partial charge in [-0.15, -0.1) is 13.2 Å². The molecule has 1 heterocycles. The summed E-state index contributed by atoms with van der Waals surface area (Å²) < 4.78 is 76.8. The number of nitrogens with zero attached hydrogens (tertiary/aromatic N) is 1. The zero-order valence-electron chi connectivity index (χ0n) is 8.56. The van der Waals surface area contributed by atoms with Gasteiger partial charge in [-0.1, -0.05) is 0 Å². The van der Waals surface area contributed by atoms with Gasteiger partial charge in [0.05, 0.1) is 5.56 Å². The minimum atomic E-state index is -5.19. The van der Waals surface area contributed by atoms with E-state index >= 15 is 0 Å². The van der Waals surface area contributed by atoms with Crippen molar-refractivity contribution in [3.05, 3.63) is 17.3 Å². The fraction of sp³-hybridized carbons (Fsp3) is 0.375. The molecule has 0 amide bonds. The van der Waals surface area contributed by atoms with E-state index in [1.54, 1.807) is 0 Å². The molecule has 0 aliphatic rings. The molecule has 1 aromatic rings. The molecule has 0 aromatic carbocycles. The number of hydrogen-bond acceptors (Lipinski definition) is 4. The van der Waals surface area contributed by atoms with E-state index in [9.17, 15) is 26.3 Å². The lowest BCUT2D eigenvalue weighted by Crippen LogP contribution is -2.22. The Morgan fingerprint density at radius 1 is 1.17 bits per heavy atom. The van der Waals surface area contributed by atoms with Crippen LogP contribution in [0.5, 0.6) is 5.88 Å². The van der Waals surface area contributed by atoms with Crippen molar-refractivity contribution >= 4 is 5.69 Å². The summed E-state index contributed by atoms with van der Waals surface area (Å²) in [4.78, 5) is 3.06. The molecule has 0 bridgehead atoms. The maximum atomic E-state index is 12.6. The molecule has 0 atom stereocenters. The molecule has 0 spiro atoms. The molecule has 10 heteroatoms. The number of anilines is 1. The van der Waals surface area contributed by atoms with Crippen LogP contribution >= 0.6 is 0 Å². The predicted octanol–water partition coefficient (Wildman–Crippen LogP) is 2.04. The molecule has 0 fully saturated rings. The van der Waals surface area contributed by atoms with Gasteiger partial charge in [-0.05, 0) is 5.56 Å². The Balaban J connectivity index is 3.35. The van der Waals surface area contributed by atoms with Crippen LogP contribution in [-0.2, 0) is 12.7 Å². The Bertz CT molecular complexity index is 442. The zero-order valence-corrected chi connectivity index (χ0v) is 8.56. The van der Waals surface area contributed by atoms with Crippen molar-refractivity contribution in [3.63, 3.8) is 0 Å². The van der Waals surface area contributed by atoms with Gasteiger partial charge in [0, 0.05) is 12.7 Å². The quantitative estimate of drug-likeness (QED) is 0.810. The number of hydrogen-bond donors (Lipinski definition) is 2. The van der Waals surface area contributed by atoms with Crippen LogP contribution in [0.2, 0.25) is 0 Å². The maximum absolute atomic E-state index is 12.6. The highest BCUT2D eigenvalue weighted by Gasteiger charge is 2.39. The van der Waals surface area contributed by atoms with Gasteiger partial charge >= 0.3 is 12.5 Å². The van der Waals surface area contributed by atoms with Gasteiger partial charge in [0.25, 0.3) is 0 Å². The number of alkyl halides is 6. The van der Waals surface area contributed by atoms with E-state index in [0.29, 0.717) is 6.20 Å². The molecule has 0 radical (unpaired) electrons. The molecule has 102 valence electrons. The molecular weight excluding hydrogens is 268 g/mol. The lowest BCUT2D eigenvalue weighted by molar-refractivity contribution is -0.276. The lowest BCUT2D eigenvalue weighted by atomic mass is 10.1. The molecule has 18 heavy (non-hydrogen) atoms. The van der Waals surface area contributed by atoms with Crippen LogP contribution in [0.4, 0.5) is 32.0 Å². The van der Waals surface area contributed by atoms with Crippen LogP contribution < -0.4 is 16.2 Å². The van der Waals surface area contributed by atoms with Gasteiger partial charge in [-0.25, -0.2) is 4.98 Å². The van der Waals surface area contributed by atoms with E-state index in [-0.39, 0.29) is 0 Å². The van der Waals surface area contributed by atoms with Crippen molar-refractivity contribution in [2.45, 2.75) is 19.1 Å². The summed E-state index contributed by atoms with van der Waals surface area (Å²) in [7, 11) is 0. The number of pyridine rings is 1. The number of rotatable bonds is 2. The third kappa shape index (κ3) is 3.15. The van der Waals surface area contributed by atoms with Gasteiger partial charge in [0.2, 0.25) is 5.88 Å². The van der Waals surface area contributed by atoms with Crippen molar-refractivity contribution in [2.24, 2.45) is 5.73 Å². The summed E-state index contributed by atoms with van der Waals surface area (Å²) in [5.74, 6) is -1.35. The van der Waals surface area contributed by atoms with Gasteiger partial charge < -0.3 is 16.2 Å². The Hall–Kier alpha value is -1.71. The van der Waals surface area contributed by atoms with E-state index in [1.165, 1.54) is 0 Å². The highest BCUT2D eigenvalue weighted by Crippen LogP contribution is 2.40. The van der Waals surface area contributed by atoms with Crippen LogP contribution in [-0.4, -0.2) is 11.3 Å². The third-order valence-corrected chi connectivity index (χ3v) is 1.87. The molecular formula is C8H7F6N3O. The SMILES string of the molecule is NCc1cnc(OC(F)(F)F)c(N)c1C(F)(F)F. The summed E-state index contributed by atoms with van der Waals surface area (Å²) in [6.07, 6.45) is -9.60. The van der Waals surface area contributed by atoms with Gasteiger partial charge in [0.15, 0.2) is 0 Å². The average molecular weight is 275 g/mol. The van der Waals surface area contributed by atoms with Crippen molar-refractivity contribution in [3.8, 4) is 5.88 Å². The standard InChI is InChI=1S/C8H7F6N3O/c9-7(10,11)4-3(1-15)2-17-6(5(4)16)18-8(12,13)14/h2H,1,15-16H2. The first-order valence-electron chi connectivity index (χ1n) is 4.36. The topological polar surface area (TPSA) is 74.2 Å². The summed E-state index contributed by atoms with van der Waals surface area (Å²) >= 11 is 0. The molecule has 0 unspecified atom stereocenters. The molecule has 4 nitrogen and oxygen atoms in total. The third-order valence-electron chi connectivity index (χ3n) is 1.87. The lowest BCUT2D eigenvalue weighted by Gasteiger charge is -2.17. The number of aromatic nitrogens is 1. The molecule has 1 rings (SSSR count). The Morgan fingerprint density at radius 3 is 2.11 bits per heavy atom. The van der Waals surface area contributed by atoms with Crippen LogP contribution in [0.3, 0.4) is 0 Å². The number of nitrogen functional groups attached to an aromatic ring is 1. The minimum absolute atomic E-state index is 0.519. The van der Waals surface area contributed by atoms with Crippen molar-refractivity contribution in [1.82, 2.24) is 4.98 Å². The van der Waals surface area contributed by atoms with E-state index in [1.807, 2.05) is 0 Å². The van der Waals surface area contributed by atoms with Gasteiger partial charge in [-0.3, -0.25) is 0 Å². The summed E-state index contributed by atoms with van der Waals surface area (Å²) in [6.45, 7) is -0.571. The van der Waals surface area contributed by atoms with Crippen LogP contribution in [0.1, 0.15) is 11.1 Å². The molecule has 0 saturated carbocycles. The Morgan fingerprint density at radius 2 is 1.72 bits per heavy atom. The summed E-state index contributed by atoms with van der Waals surface area (Å²) in [5, 5.41) is 0. The van der Waals surface area contributed by atoms with Crippen molar-refractivity contribution in [2.75, 3.05) is 5.73 Å². The normalized spacial score (nSPS) is 12.6. The largest absolute Gasteiger partial charge is 0.574 e. The fourth-order valence-corrected chi connectivity index (χ4v) is 1.23. The number of ether oxygens (including phenoxy) is 1. The number of halogens is 6. The van der Waals surface area contributed by atoms with E-state index < -0.39 is 41.8 Å². The van der Waals surface area contributed by atoms with Crippen LogP contribution in [0, 0.1) is 0 Å². The average Bonchev–Trinajstić information content (AvgIpc) is 2.16. The van der Waals surface area contributed by atoms with E-state index in [0.717, 1.165) is 0 Å². The number of nitrogens with two attached hydrogens (primary N) is 2. The van der Waals surface area contributed by atoms with E-state index in [4.69, 9.17) is 11.5 Å². The smallest absolute Gasteiger partial charge is 0.394 e. The second-order valence-electron chi connectivity index (χ2n) is 3.13. The fourth-order valence-electron chi connectivity index (χ4n) is 1.23. The monoisotopic (exact) mass is 275 g/mol.